The van der Waals surface area contributed by atoms with E-state index in [1.165, 1.54) is 6.07 Å². The van der Waals surface area contributed by atoms with Crippen LogP contribution in [0.25, 0.3) is 0 Å². The normalized spacial score (nSPS) is 7.82. The van der Waals surface area contributed by atoms with Crippen molar-refractivity contribution < 1.29 is 16.8 Å². The number of rotatable bonds is 0. The molecular weight excluding hydrogens is 175 g/mol. The fourth-order valence-electron chi connectivity index (χ4n) is 0.652. The van der Waals surface area contributed by atoms with E-state index in [0.29, 0.717) is 5.56 Å². The number of benzene rings is 1. The van der Waals surface area contributed by atoms with Crippen molar-refractivity contribution in [3.05, 3.63) is 42.1 Å². The first-order valence-electron chi connectivity index (χ1n) is 2.79. The summed E-state index contributed by atoms with van der Waals surface area (Å²) in [7, 11) is 0. The van der Waals surface area contributed by atoms with E-state index in [9.17, 15) is 4.39 Å². The van der Waals surface area contributed by atoms with Gasteiger partial charge in [-0.25, -0.2) is 4.39 Å². The van der Waals surface area contributed by atoms with Crippen molar-refractivity contribution in [3.8, 4) is 0 Å². The van der Waals surface area contributed by atoms with Crippen LogP contribution < -0.4 is 12.4 Å². The van der Waals surface area contributed by atoms with Gasteiger partial charge in [-0.15, -0.1) is 11.6 Å². The first-order chi connectivity index (χ1) is 4.22. The van der Waals surface area contributed by atoms with Gasteiger partial charge in [0.1, 0.15) is 0 Å². The Morgan fingerprint density at radius 1 is 1.36 bits per heavy atom. The fraction of sp³-hybridized carbons (Fsp3) is 0.125. The van der Waals surface area contributed by atoms with Crippen molar-refractivity contribution in [1.82, 2.24) is 0 Å². The molecule has 0 aliphatic carbocycles. The molecule has 0 saturated carbocycles. The Balaban J connectivity index is 0. The molecule has 0 saturated heterocycles. The molecule has 0 nitrogen and oxygen atoms in total. The van der Waals surface area contributed by atoms with Gasteiger partial charge in [0.25, 0.3) is 0 Å². The maximum atomic E-state index is 12.5. The molecule has 0 bridgehead atoms. The van der Waals surface area contributed by atoms with E-state index >= 15 is 0 Å². The summed E-state index contributed by atoms with van der Waals surface area (Å²) in [6.07, 6.45) is 0. The summed E-state index contributed by atoms with van der Waals surface area (Å²) in [5.74, 6) is -0.178. The van der Waals surface area contributed by atoms with E-state index < -0.39 is 0 Å². The van der Waals surface area contributed by atoms with Gasteiger partial charge in [-0.3, -0.25) is 0 Å². The maximum Gasteiger partial charge on any atom is 2.00 e. The first-order valence-corrected chi connectivity index (χ1v) is 2.79. The molecule has 0 unspecified atom stereocenters. The van der Waals surface area contributed by atoms with E-state index in [0.717, 1.165) is 5.56 Å². The molecule has 1 aromatic rings. The predicted octanol–water partition coefficient (Wildman–Crippen LogP) is -1.06. The summed E-state index contributed by atoms with van der Waals surface area (Å²) in [5.41, 5.74) is 1.40. The van der Waals surface area contributed by atoms with Crippen molar-refractivity contribution in [2.24, 2.45) is 0 Å². The Hall–Kier alpha value is 0.0762. The first kappa shape index (κ1) is 13.7. The zero-order valence-electron chi connectivity index (χ0n) is 6.40. The van der Waals surface area contributed by atoms with E-state index in [1.54, 1.807) is 19.1 Å². The van der Waals surface area contributed by atoms with Crippen LogP contribution in [0.4, 0.5) is 4.39 Å². The van der Waals surface area contributed by atoms with Crippen molar-refractivity contribution in [2.75, 3.05) is 0 Å². The van der Waals surface area contributed by atoms with Gasteiger partial charge in [0.05, 0.1) is 5.82 Å². The largest absolute Gasteiger partial charge is 2.00 e. The average Bonchev–Trinajstić information content (AvgIpc) is 1.83. The van der Waals surface area contributed by atoms with Gasteiger partial charge in [0.2, 0.25) is 0 Å². The van der Waals surface area contributed by atoms with Gasteiger partial charge in [-0.1, -0.05) is 13.0 Å². The van der Waals surface area contributed by atoms with Gasteiger partial charge in [0.15, 0.2) is 0 Å². The van der Waals surface area contributed by atoms with Crippen LogP contribution in [-0.2, 0) is 0 Å². The van der Waals surface area contributed by atoms with E-state index in [-0.39, 0.29) is 41.3 Å². The zero-order valence-corrected chi connectivity index (χ0v) is 8.57. The number of hydrogen-bond acceptors (Lipinski definition) is 0. The molecular formula is C8H8ClFMg. The molecule has 1 aromatic carbocycles. The van der Waals surface area contributed by atoms with Crippen LogP contribution in [-0.4, -0.2) is 23.1 Å². The quantitative estimate of drug-likeness (QED) is 0.355. The second-order valence-corrected chi connectivity index (χ2v) is 2.02. The summed E-state index contributed by atoms with van der Waals surface area (Å²) in [6.45, 7) is 5.36. The average molecular weight is 183 g/mol. The monoisotopic (exact) mass is 182 g/mol. The van der Waals surface area contributed by atoms with Crippen molar-refractivity contribution in [3.63, 3.8) is 0 Å². The molecule has 3 heteroatoms. The van der Waals surface area contributed by atoms with E-state index in [2.05, 4.69) is 6.92 Å². The molecule has 1 rings (SSSR count). The molecule has 0 amide bonds. The van der Waals surface area contributed by atoms with Gasteiger partial charge in [0, 0.05) is 0 Å². The van der Waals surface area contributed by atoms with Gasteiger partial charge < -0.3 is 12.4 Å². The maximum absolute atomic E-state index is 12.5. The van der Waals surface area contributed by atoms with Crippen molar-refractivity contribution in [2.45, 2.75) is 6.92 Å². The van der Waals surface area contributed by atoms with Crippen molar-refractivity contribution >= 4 is 23.1 Å². The topological polar surface area (TPSA) is 0 Å². The van der Waals surface area contributed by atoms with Crippen LogP contribution in [0.3, 0.4) is 0 Å². The Kier molecular flexibility index (Phi) is 7.06. The Morgan fingerprint density at radius 2 is 1.91 bits per heavy atom. The van der Waals surface area contributed by atoms with Gasteiger partial charge >= 0.3 is 23.1 Å². The smallest absolute Gasteiger partial charge is 1.00 e. The van der Waals surface area contributed by atoms with Crippen LogP contribution in [0.5, 0.6) is 0 Å². The third kappa shape index (κ3) is 3.32. The molecule has 56 valence electrons. The SMILES string of the molecule is [CH2-]c1cccc(F)c1C.[Cl-].[Mg+2]. The molecule has 0 atom stereocenters. The Morgan fingerprint density at radius 3 is 2.27 bits per heavy atom. The molecule has 11 heavy (non-hydrogen) atoms. The Labute approximate surface area is 88.7 Å². The molecule has 0 heterocycles. The van der Waals surface area contributed by atoms with Crippen molar-refractivity contribution in [1.29, 1.82) is 0 Å². The third-order valence-electron chi connectivity index (χ3n) is 1.38. The van der Waals surface area contributed by atoms with Crippen LogP contribution in [0.1, 0.15) is 11.1 Å². The summed E-state index contributed by atoms with van der Waals surface area (Å²) in [6, 6.07) is 4.88. The molecule has 0 aliphatic rings. The number of halogens is 2. The third-order valence-corrected chi connectivity index (χ3v) is 1.38. The van der Waals surface area contributed by atoms with Crippen LogP contribution in [0, 0.1) is 19.7 Å². The molecule has 0 fully saturated rings. The minimum absolute atomic E-state index is 0. The summed E-state index contributed by atoms with van der Waals surface area (Å²) in [4.78, 5) is 0. The summed E-state index contributed by atoms with van der Waals surface area (Å²) >= 11 is 0. The number of hydrogen-bond donors (Lipinski definition) is 0. The van der Waals surface area contributed by atoms with Crippen LogP contribution >= 0.6 is 0 Å². The standard InChI is InChI=1S/C8H8F.ClH.Mg/c1-6-4-3-5-8(9)7(6)2;;/h3-5H,1H2,2H3;1H;/q-1;;+2/p-1. The molecule has 0 aliphatic heterocycles. The minimum atomic E-state index is -0.178. The molecule has 0 radical (unpaired) electrons. The molecule has 0 N–H and O–H groups in total. The summed E-state index contributed by atoms with van der Waals surface area (Å²) < 4.78 is 12.5. The van der Waals surface area contributed by atoms with Gasteiger partial charge in [-0.2, -0.15) is 18.6 Å². The zero-order chi connectivity index (χ0) is 6.85. The minimum Gasteiger partial charge on any atom is -1.00 e. The summed E-state index contributed by atoms with van der Waals surface area (Å²) in [5, 5.41) is 0. The fourth-order valence-corrected chi connectivity index (χ4v) is 0.652. The van der Waals surface area contributed by atoms with Gasteiger partial charge in [-0.05, 0) is 0 Å². The molecule has 0 spiro atoms. The van der Waals surface area contributed by atoms with Crippen LogP contribution in [0.15, 0.2) is 18.2 Å². The second-order valence-electron chi connectivity index (χ2n) is 2.02. The Bertz CT molecular complexity index is 205. The predicted molar refractivity (Wildman–Crippen MR) is 41.4 cm³/mol. The second kappa shape index (κ2) is 5.69. The van der Waals surface area contributed by atoms with Crippen LogP contribution in [0.2, 0.25) is 0 Å². The molecule has 0 aromatic heterocycles. The van der Waals surface area contributed by atoms with E-state index in [1.807, 2.05) is 0 Å². The van der Waals surface area contributed by atoms with E-state index in [4.69, 9.17) is 0 Å².